The quantitative estimate of drug-likeness (QED) is 0.0714. The molecule has 1 atom stereocenters. The van der Waals surface area contributed by atoms with Crippen LogP contribution >= 0.6 is 11.3 Å². The molecule has 0 saturated carbocycles. The standard InChI is InChI=1S/C37H42N12O8S2/c1-23-13-19-58-32(23)34(52)49-35(38)42-36(44-49)40-25-6-8-27(9-7-25)59(54,55)39-14-17-57-22-26-21-47(45-43-26)15-18-56-16-3-4-24-5-10-28-30(20-24)46(2)37(53)48(28)29-11-12-31(50)41-33(29)51/h5-10,13,19-21,29,39H,3-4,11-12,14-18,22H2,1-2H3,(H,41,50,51)(H3,38,40,42,44). The number of rotatable bonds is 18. The maximum absolute atomic E-state index is 13.0. The summed E-state index contributed by atoms with van der Waals surface area (Å²) in [5, 5.41) is 19.4. The first-order chi connectivity index (χ1) is 28.4. The summed E-state index contributed by atoms with van der Waals surface area (Å²) in [7, 11) is -2.15. The fourth-order valence-corrected chi connectivity index (χ4v) is 8.38. The van der Waals surface area contributed by atoms with Crippen molar-refractivity contribution in [1.82, 2.24) is 48.9 Å². The van der Waals surface area contributed by atoms with Gasteiger partial charge < -0.3 is 20.5 Å². The number of aromatic nitrogens is 8. The van der Waals surface area contributed by atoms with Crippen LogP contribution in [0.15, 0.2) is 69.8 Å². The maximum Gasteiger partial charge on any atom is 0.329 e. The van der Waals surface area contributed by atoms with E-state index in [4.69, 9.17) is 15.2 Å². The van der Waals surface area contributed by atoms with E-state index in [1.807, 2.05) is 31.2 Å². The van der Waals surface area contributed by atoms with Crippen molar-refractivity contribution in [3.05, 3.63) is 92.3 Å². The Morgan fingerprint density at radius 2 is 1.86 bits per heavy atom. The Bertz CT molecular complexity index is 2660. The van der Waals surface area contributed by atoms with E-state index in [9.17, 15) is 27.6 Å². The molecular formula is C37H42N12O8S2. The van der Waals surface area contributed by atoms with E-state index in [1.54, 1.807) is 35.4 Å². The highest BCUT2D eigenvalue weighted by atomic mass is 32.2. The van der Waals surface area contributed by atoms with Crippen molar-refractivity contribution in [2.75, 3.05) is 37.4 Å². The number of piperidine rings is 1. The van der Waals surface area contributed by atoms with E-state index in [0.717, 1.165) is 28.7 Å². The van der Waals surface area contributed by atoms with Gasteiger partial charge in [-0.15, -0.1) is 21.5 Å². The second-order valence-corrected chi connectivity index (χ2v) is 16.4. The molecule has 1 unspecified atom stereocenters. The fraction of sp³-hybridized carbons (Fsp3) is 0.351. The summed E-state index contributed by atoms with van der Waals surface area (Å²) in [6.07, 6.45) is 3.68. The number of nitrogens with two attached hydrogens (primary N) is 1. The van der Waals surface area contributed by atoms with Gasteiger partial charge in [0.15, 0.2) is 0 Å². The number of benzene rings is 2. The summed E-state index contributed by atoms with van der Waals surface area (Å²) in [5.41, 5.74) is 9.89. The maximum atomic E-state index is 13.0. The van der Waals surface area contributed by atoms with Crippen LogP contribution in [0.3, 0.4) is 0 Å². The van der Waals surface area contributed by atoms with Gasteiger partial charge in [-0.2, -0.15) is 9.67 Å². The van der Waals surface area contributed by atoms with Gasteiger partial charge in [0, 0.05) is 32.3 Å². The van der Waals surface area contributed by atoms with E-state index in [0.29, 0.717) is 47.1 Å². The monoisotopic (exact) mass is 846 g/mol. The van der Waals surface area contributed by atoms with Crippen LogP contribution in [0.4, 0.5) is 17.6 Å². The highest BCUT2D eigenvalue weighted by molar-refractivity contribution is 7.89. The SMILES string of the molecule is Cc1ccsc1C(=O)n1nc(Nc2ccc(S(=O)(=O)NCCOCc3cn(CCOCCCc4ccc5c(c4)n(C)c(=O)n5C4CCC(=O)NC4=O)nn3)cc2)nc1N. The Labute approximate surface area is 341 Å². The molecule has 6 aromatic rings. The summed E-state index contributed by atoms with van der Waals surface area (Å²) in [5.74, 6) is -1.18. The number of nitrogens with zero attached hydrogens (tertiary/aromatic N) is 8. The number of carbonyl (C=O) groups excluding carboxylic acids is 3. The lowest BCUT2D eigenvalue weighted by atomic mass is 10.1. The number of hydrogen-bond acceptors (Lipinski definition) is 15. The van der Waals surface area contributed by atoms with Crippen molar-refractivity contribution in [2.45, 2.75) is 56.7 Å². The molecule has 1 saturated heterocycles. The van der Waals surface area contributed by atoms with E-state index < -0.39 is 27.9 Å². The minimum atomic E-state index is -3.82. The molecule has 1 aliphatic heterocycles. The molecule has 2 aromatic carbocycles. The van der Waals surface area contributed by atoms with Gasteiger partial charge in [0.25, 0.3) is 5.91 Å². The zero-order chi connectivity index (χ0) is 41.7. The van der Waals surface area contributed by atoms with Crippen LogP contribution in [-0.4, -0.2) is 91.4 Å². The summed E-state index contributed by atoms with van der Waals surface area (Å²) >= 11 is 1.28. The van der Waals surface area contributed by atoms with Gasteiger partial charge >= 0.3 is 5.69 Å². The number of hydrogen-bond donors (Lipinski definition) is 4. The third-order valence-corrected chi connectivity index (χ3v) is 12.1. The van der Waals surface area contributed by atoms with Crippen molar-refractivity contribution >= 4 is 67.7 Å². The van der Waals surface area contributed by atoms with Gasteiger partial charge in [0.1, 0.15) is 11.7 Å². The molecule has 310 valence electrons. The fourth-order valence-electron chi connectivity index (χ4n) is 6.52. The largest absolute Gasteiger partial charge is 0.380 e. The second-order valence-electron chi connectivity index (χ2n) is 13.7. The van der Waals surface area contributed by atoms with E-state index in [2.05, 4.69) is 35.8 Å². The molecule has 0 radical (unpaired) electrons. The average Bonchev–Trinajstić information content (AvgIpc) is 4.00. The number of thiophene rings is 1. The third-order valence-electron chi connectivity index (χ3n) is 9.57. The third kappa shape index (κ3) is 9.47. The predicted molar refractivity (Wildman–Crippen MR) is 216 cm³/mol. The number of nitrogens with one attached hydrogen (secondary N) is 3. The van der Waals surface area contributed by atoms with Gasteiger partial charge in [-0.1, -0.05) is 11.3 Å². The Hall–Kier alpha value is -6.07. The van der Waals surface area contributed by atoms with Gasteiger partial charge in [-0.3, -0.25) is 28.8 Å². The Morgan fingerprint density at radius 1 is 1.05 bits per heavy atom. The number of imide groups is 1. The Morgan fingerprint density at radius 3 is 2.63 bits per heavy atom. The number of nitrogen functional groups attached to an aromatic ring is 1. The zero-order valence-corrected chi connectivity index (χ0v) is 33.8. The molecule has 0 aliphatic carbocycles. The zero-order valence-electron chi connectivity index (χ0n) is 32.2. The first kappa shape index (κ1) is 41.1. The molecule has 22 heteroatoms. The number of carbonyl (C=O) groups is 3. The number of imidazole rings is 1. The highest BCUT2D eigenvalue weighted by Gasteiger charge is 2.31. The lowest BCUT2D eigenvalue weighted by Crippen LogP contribution is -2.44. The lowest BCUT2D eigenvalue weighted by molar-refractivity contribution is -0.135. The van der Waals surface area contributed by atoms with Crippen molar-refractivity contribution in [2.24, 2.45) is 7.05 Å². The van der Waals surface area contributed by atoms with Crippen molar-refractivity contribution in [3.8, 4) is 0 Å². The van der Waals surface area contributed by atoms with Gasteiger partial charge in [-0.05, 0) is 85.2 Å². The topological polar surface area (TPSA) is 254 Å². The molecule has 1 aliphatic rings. The molecule has 4 aromatic heterocycles. The van der Waals surface area contributed by atoms with Crippen molar-refractivity contribution < 1.29 is 32.3 Å². The molecule has 0 bridgehead atoms. The molecule has 5 N–H and O–H groups in total. The van der Waals surface area contributed by atoms with Crippen LogP contribution in [-0.2, 0) is 55.7 Å². The first-order valence-electron chi connectivity index (χ1n) is 18.6. The molecule has 59 heavy (non-hydrogen) atoms. The summed E-state index contributed by atoms with van der Waals surface area (Å²) < 4.78 is 45.2. The molecule has 1 fully saturated rings. The molecule has 5 heterocycles. The van der Waals surface area contributed by atoms with Crippen molar-refractivity contribution in [3.63, 3.8) is 0 Å². The lowest BCUT2D eigenvalue weighted by Gasteiger charge is -2.21. The Balaban J connectivity index is 0.784. The van der Waals surface area contributed by atoms with E-state index >= 15 is 0 Å². The number of amides is 2. The smallest absolute Gasteiger partial charge is 0.329 e. The first-order valence-corrected chi connectivity index (χ1v) is 21.0. The van der Waals surface area contributed by atoms with Crippen LogP contribution in [0.5, 0.6) is 0 Å². The molecule has 0 spiro atoms. The molecule has 7 rings (SSSR count). The molecule has 20 nitrogen and oxygen atoms in total. The van der Waals surface area contributed by atoms with Crippen LogP contribution in [0.2, 0.25) is 0 Å². The predicted octanol–water partition coefficient (Wildman–Crippen LogP) is 2.03. The van der Waals surface area contributed by atoms with Crippen LogP contribution < -0.4 is 26.8 Å². The van der Waals surface area contributed by atoms with E-state index in [-0.39, 0.29) is 61.0 Å². The number of anilines is 3. The number of aryl methyl sites for hydroxylation is 3. The van der Waals surface area contributed by atoms with Crippen molar-refractivity contribution in [1.29, 1.82) is 0 Å². The summed E-state index contributed by atoms with van der Waals surface area (Å²) in [6.45, 7) is 3.49. The molecular weight excluding hydrogens is 805 g/mol. The minimum absolute atomic E-state index is 0.0315. The summed E-state index contributed by atoms with van der Waals surface area (Å²) in [6, 6.07) is 12.8. The number of fused-ring (bicyclic) bond motifs is 1. The van der Waals surface area contributed by atoms with Gasteiger partial charge in [-0.25, -0.2) is 22.6 Å². The van der Waals surface area contributed by atoms with Crippen LogP contribution in [0, 0.1) is 6.92 Å². The van der Waals surface area contributed by atoms with E-state index in [1.165, 1.54) is 32.6 Å². The molecule has 2 amide bonds. The Kier molecular flexibility index (Phi) is 12.4. The van der Waals surface area contributed by atoms with Crippen LogP contribution in [0.1, 0.15) is 51.8 Å². The van der Waals surface area contributed by atoms with Gasteiger partial charge in [0.2, 0.25) is 33.7 Å². The second kappa shape index (κ2) is 17.8. The number of ether oxygens (including phenoxy) is 2. The normalized spacial score (nSPS) is 14.6. The average molecular weight is 847 g/mol. The number of sulfonamides is 1. The van der Waals surface area contributed by atoms with Gasteiger partial charge in [0.05, 0.1) is 53.4 Å². The van der Waals surface area contributed by atoms with Crippen LogP contribution in [0.25, 0.3) is 11.0 Å². The summed E-state index contributed by atoms with van der Waals surface area (Å²) in [4.78, 5) is 54.5. The minimum Gasteiger partial charge on any atom is -0.380 e. The highest BCUT2D eigenvalue weighted by Crippen LogP contribution is 2.25.